The van der Waals surface area contributed by atoms with Crippen molar-refractivity contribution in [1.29, 1.82) is 5.26 Å². The van der Waals surface area contributed by atoms with Crippen LogP contribution in [-0.2, 0) is 28.9 Å². The Hall–Kier alpha value is -2.40. The van der Waals surface area contributed by atoms with E-state index in [2.05, 4.69) is 40.6 Å². The minimum absolute atomic E-state index is 0.0381. The predicted octanol–water partition coefficient (Wildman–Crippen LogP) is 1.60. The van der Waals surface area contributed by atoms with Crippen LogP contribution in [0.3, 0.4) is 0 Å². The number of likely N-dealkylation sites (N-methyl/N-ethyl adjacent to an activating group) is 1. The number of nitriles is 1. The molecular formula is C22H27N4O2S+. The maximum atomic E-state index is 12.5. The van der Waals surface area contributed by atoms with Crippen LogP contribution in [0.15, 0.2) is 24.3 Å². The molecule has 2 aromatic rings. The summed E-state index contributed by atoms with van der Waals surface area (Å²) >= 11 is 1.57. The monoisotopic (exact) mass is 411 g/mol. The van der Waals surface area contributed by atoms with Crippen molar-refractivity contribution >= 4 is 27.9 Å². The molecule has 1 atom stereocenters. The quantitative estimate of drug-likeness (QED) is 0.758. The van der Waals surface area contributed by atoms with Crippen LogP contribution in [0.5, 0.6) is 0 Å². The van der Waals surface area contributed by atoms with E-state index in [9.17, 15) is 10.1 Å². The van der Waals surface area contributed by atoms with Gasteiger partial charge in [0.15, 0.2) is 6.54 Å². The molecule has 0 bridgehead atoms. The van der Waals surface area contributed by atoms with Crippen LogP contribution in [0.2, 0.25) is 0 Å². The molecule has 0 radical (unpaired) electrons. The lowest BCUT2D eigenvalue weighted by Gasteiger charge is -2.29. The summed E-state index contributed by atoms with van der Waals surface area (Å²) in [5, 5.41) is 13.2. The fraction of sp³-hybridized carbons (Fsp3) is 0.455. The van der Waals surface area contributed by atoms with Crippen molar-refractivity contribution < 1.29 is 14.4 Å². The molecule has 1 aliphatic heterocycles. The molecule has 152 valence electrons. The fourth-order valence-corrected chi connectivity index (χ4v) is 5.37. The number of hydrogen-bond acceptors (Lipinski definition) is 5. The van der Waals surface area contributed by atoms with E-state index >= 15 is 0 Å². The third kappa shape index (κ3) is 4.61. The first-order chi connectivity index (χ1) is 14.1. The van der Waals surface area contributed by atoms with Gasteiger partial charge in [0.1, 0.15) is 17.6 Å². The van der Waals surface area contributed by atoms with Gasteiger partial charge >= 0.3 is 0 Å². The molecule has 0 spiro atoms. The second-order valence-electron chi connectivity index (χ2n) is 7.80. The summed E-state index contributed by atoms with van der Waals surface area (Å²) < 4.78 is 5.41. The zero-order chi connectivity index (χ0) is 20.2. The first-order valence-electron chi connectivity index (χ1n) is 10.2. The molecule has 2 aliphatic rings. The van der Waals surface area contributed by atoms with Gasteiger partial charge in [-0.3, -0.25) is 4.79 Å². The molecule has 1 aliphatic carbocycles. The topological polar surface area (TPSA) is 69.8 Å². The minimum atomic E-state index is -0.0381. The molecule has 6 nitrogen and oxygen atoms in total. The van der Waals surface area contributed by atoms with E-state index in [1.807, 2.05) is 7.05 Å². The number of thiophene rings is 1. The van der Waals surface area contributed by atoms with E-state index in [1.54, 1.807) is 11.3 Å². The highest BCUT2D eigenvalue weighted by atomic mass is 32.1. The van der Waals surface area contributed by atoms with E-state index in [0.29, 0.717) is 12.1 Å². The second kappa shape index (κ2) is 8.95. The number of quaternary nitrogens is 1. The molecule has 29 heavy (non-hydrogen) atoms. The number of ether oxygens (including phenoxy) is 1. The number of carbonyl (C=O) groups excluding carboxylic acids is 1. The standard InChI is InChI=1S/C22H26N4O2S/c1-25(14-16-5-7-17(8-6-16)26-9-11-28-12-10-26)15-21(27)24-22-19(13-23)18-3-2-4-20(18)29-22/h5-8H,2-4,9-12,14-15H2,1H3,(H,24,27)/p+1. The molecule has 1 fully saturated rings. The fourth-order valence-electron chi connectivity index (χ4n) is 4.11. The lowest BCUT2D eigenvalue weighted by molar-refractivity contribution is -0.885. The van der Waals surface area contributed by atoms with Gasteiger partial charge in [-0.2, -0.15) is 5.26 Å². The lowest BCUT2D eigenvalue weighted by Crippen LogP contribution is -3.08. The van der Waals surface area contributed by atoms with E-state index in [-0.39, 0.29) is 5.91 Å². The van der Waals surface area contributed by atoms with Crippen molar-refractivity contribution in [3.63, 3.8) is 0 Å². The van der Waals surface area contributed by atoms with Gasteiger partial charge in [0.2, 0.25) is 0 Å². The van der Waals surface area contributed by atoms with Gasteiger partial charge in [-0.1, -0.05) is 12.1 Å². The van der Waals surface area contributed by atoms with Gasteiger partial charge in [-0.15, -0.1) is 11.3 Å². The number of morpholine rings is 1. The molecule has 1 aromatic heterocycles. The zero-order valence-corrected chi connectivity index (χ0v) is 17.6. The van der Waals surface area contributed by atoms with E-state index < -0.39 is 0 Å². The number of benzene rings is 1. The number of amides is 1. The Morgan fingerprint density at radius 1 is 1.28 bits per heavy atom. The summed E-state index contributed by atoms with van der Waals surface area (Å²) in [6.45, 7) is 4.58. The molecule has 7 heteroatoms. The van der Waals surface area contributed by atoms with Crippen LogP contribution in [0.1, 0.15) is 28.0 Å². The Kier molecular flexibility index (Phi) is 6.14. The lowest BCUT2D eigenvalue weighted by atomic mass is 10.1. The number of aryl methyl sites for hydroxylation is 1. The molecule has 2 N–H and O–H groups in total. The Balaban J connectivity index is 1.31. The van der Waals surface area contributed by atoms with Gasteiger partial charge in [-0.25, -0.2) is 0 Å². The smallest absolute Gasteiger partial charge is 0.280 e. The number of hydrogen-bond donors (Lipinski definition) is 2. The van der Waals surface area contributed by atoms with Gasteiger partial charge in [0.05, 0.1) is 25.8 Å². The highest BCUT2D eigenvalue weighted by Gasteiger charge is 2.23. The number of fused-ring (bicyclic) bond motifs is 1. The van der Waals surface area contributed by atoms with Crippen LogP contribution in [0.25, 0.3) is 0 Å². The van der Waals surface area contributed by atoms with Crippen molar-refractivity contribution in [2.75, 3.05) is 50.1 Å². The van der Waals surface area contributed by atoms with Crippen molar-refractivity contribution in [1.82, 2.24) is 0 Å². The van der Waals surface area contributed by atoms with Crippen molar-refractivity contribution in [2.45, 2.75) is 25.8 Å². The molecule has 1 saturated heterocycles. The predicted molar refractivity (Wildman–Crippen MR) is 115 cm³/mol. The molecule has 0 saturated carbocycles. The highest BCUT2D eigenvalue weighted by molar-refractivity contribution is 7.16. The van der Waals surface area contributed by atoms with E-state index in [0.717, 1.165) is 67.6 Å². The van der Waals surface area contributed by atoms with E-state index in [1.165, 1.54) is 16.1 Å². The van der Waals surface area contributed by atoms with Gasteiger partial charge in [-0.05, 0) is 37.0 Å². The molecular weight excluding hydrogens is 384 g/mol. The SMILES string of the molecule is C[NH+](CC(=O)Nc1sc2c(c1C#N)CCC2)Cc1ccc(N2CCOCC2)cc1. The maximum absolute atomic E-state index is 12.5. The zero-order valence-electron chi connectivity index (χ0n) is 16.8. The summed E-state index contributed by atoms with van der Waals surface area (Å²) in [5.41, 5.74) is 4.25. The normalized spacial score (nSPS) is 16.9. The largest absolute Gasteiger partial charge is 0.378 e. The van der Waals surface area contributed by atoms with Crippen LogP contribution in [0.4, 0.5) is 10.7 Å². The maximum Gasteiger partial charge on any atom is 0.280 e. The summed E-state index contributed by atoms with van der Waals surface area (Å²) in [4.78, 5) is 17.2. The van der Waals surface area contributed by atoms with E-state index in [4.69, 9.17) is 4.74 Å². The Morgan fingerprint density at radius 3 is 2.76 bits per heavy atom. The van der Waals surface area contributed by atoms with Crippen molar-refractivity contribution in [3.05, 3.63) is 45.8 Å². The number of carbonyl (C=O) groups is 1. The summed E-state index contributed by atoms with van der Waals surface area (Å²) in [5.74, 6) is -0.0381. The number of nitrogens with zero attached hydrogens (tertiary/aromatic N) is 2. The summed E-state index contributed by atoms with van der Waals surface area (Å²) in [6, 6.07) is 10.9. The first-order valence-corrected chi connectivity index (χ1v) is 11.0. The average molecular weight is 412 g/mol. The van der Waals surface area contributed by atoms with Gasteiger partial charge in [0.25, 0.3) is 5.91 Å². The highest BCUT2D eigenvalue weighted by Crippen LogP contribution is 2.38. The molecule has 1 unspecified atom stereocenters. The Bertz CT molecular complexity index is 910. The van der Waals surface area contributed by atoms with Crippen molar-refractivity contribution in [2.24, 2.45) is 0 Å². The summed E-state index contributed by atoms with van der Waals surface area (Å²) in [6.07, 6.45) is 3.09. The van der Waals surface area contributed by atoms with Gasteiger partial charge in [0, 0.05) is 29.2 Å². The average Bonchev–Trinajstić information content (AvgIpc) is 3.29. The third-order valence-electron chi connectivity index (χ3n) is 5.57. The molecule has 1 aromatic carbocycles. The van der Waals surface area contributed by atoms with Crippen LogP contribution in [-0.4, -0.2) is 45.8 Å². The molecule has 2 heterocycles. The summed E-state index contributed by atoms with van der Waals surface area (Å²) in [7, 11) is 2.02. The number of nitrogens with one attached hydrogen (secondary N) is 2. The number of anilines is 2. The second-order valence-corrected chi connectivity index (χ2v) is 8.90. The molecule has 4 rings (SSSR count). The number of rotatable bonds is 6. The van der Waals surface area contributed by atoms with Crippen molar-refractivity contribution in [3.8, 4) is 6.07 Å². The van der Waals surface area contributed by atoms with Crippen LogP contribution in [0, 0.1) is 11.3 Å². The Labute approximate surface area is 175 Å². The van der Waals surface area contributed by atoms with Crippen LogP contribution >= 0.6 is 11.3 Å². The third-order valence-corrected chi connectivity index (χ3v) is 6.77. The van der Waals surface area contributed by atoms with Gasteiger partial charge < -0.3 is 19.9 Å². The minimum Gasteiger partial charge on any atom is -0.378 e. The molecule has 1 amide bonds. The van der Waals surface area contributed by atoms with Crippen LogP contribution < -0.4 is 15.1 Å². The Morgan fingerprint density at radius 2 is 2.03 bits per heavy atom. The first kappa shape index (κ1) is 19.9.